The van der Waals surface area contributed by atoms with Crippen molar-refractivity contribution in [3.63, 3.8) is 0 Å². The van der Waals surface area contributed by atoms with Crippen molar-refractivity contribution in [3.8, 4) is 0 Å². The van der Waals surface area contributed by atoms with Crippen molar-refractivity contribution < 1.29 is 13.7 Å². The molecule has 1 aromatic rings. The van der Waals surface area contributed by atoms with E-state index in [1.807, 2.05) is 0 Å². The van der Waals surface area contributed by atoms with E-state index in [2.05, 4.69) is 32.6 Å². The summed E-state index contributed by atoms with van der Waals surface area (Å²) in [6, 6.07) is 6.72. The molecule has 0 radical (unpaired) electrons. The molecule has 0 fully saturated rings. The van der Waals surface area contributed by atoms with Crippen LogP contribution in [0.3, 0.4) is 0 Å². The van der Waals surface area contributed by atoms with E-state index in [4.69, 9.17) is 11.6 Å². The molecule has 0 aliphatic carbocycles. The maximum atomic E-state index is 10.1. The average Bonchev–Trinajstić information content (AvgIpc) is 2.19. The van der Waals surface area contributed by atoms with E-state index in [0.29, 0.717) is 10.6 Å². The maximum absolute atomic E-state index is 10.1. The first kappa shape index (κ1) is 12.7. The van der Waals surface area contributed by atoms with Crippen LogP contribution in [0.15, 0.2) is 24.3 Å². The van der Waals surface area contributed by atoms with E-state index in [1.165, 1.54) is 0 Å². The number of carbonyl (C=O) groups excluding carboxylic acids is 1. The van der Waals surface area contributed by atoms with Gasteiger partial charge in [0.1, 0.15) is 30.0 Å². The highest BCUT2D eigenvalue weighted by atomic mass is 35.5. The van der Waals surface area contributed by atoms with Crippen molar-refractivity contribution in [1.82, 2.24) is 0 Å². The minimum atomic E-state index is 0.652. The summed E-state index contributed by atoms with van der Waals surface area (Å²) < 4.78 is 6.56. The second kappa shape index (κ2) is 8.29. The van der Waals surface area contributed by atoms with Crippen LogP contribution in [0.5, 0.6) is 0 Å². The van der Waals surface area contributed by atoms with Crippen molar-refractivity contribution in [2.24, 2.45) is 0 Å². The molecule has 1 rings (SSSR count). The SMILES string of the molecule is ClOOCl.O=Cc1ccc(Cl)cc1. The standard InChI is InChI=1S/C7H5ClO.Cl2O2/c8-7-3-1-6(5-9)2-4-7;1-3-4-2/h1-5H;. The minimum absolute atomic E-state index is 0.652. The summed E-state index contributed by atoms with van der Waals surface area (Å²) >= 11 is 14.2. The Morgan fingerprint density at radius 2 is 1.54 bits per heavy atom. The molecule has 0 atom stereocenters. The van der Waals surface area contributed by atoms with Gasteiger partial charge in [0.15, 0.2) is 0 Å². The van der Waals surface area contributed by atoms with Crippen molar-refractivity contribution in [1.29, 1.82) is 0 Å². The van der Waals surface area contributed by atoms with Crippen molar-refractivity contribution >= 4 is 41.6 Å². The Balaban J connectivity index is 0.000000310. The summed E-state index contributed by atoms with van der Waals surface area (Å²) in [5.41, 5.74) is 0.652. The number of hydrogen-bond acceptors (Lipinski definition) is 3. The van der Waals surface area contributed by atoms with Crippen LogP contribution in [-0.2, 0) is 8.88 Å². The highest BCUT2D eigenvalue weighted by Gasteiger charge is 1.86. The molecule has 0 heterocycles. The van der Waals surface area contributed by atoms with Crippen LogP contribution in [0.4, 0.5) is 0 Å². The highest BCUT2D eigenvalue weighted by molar-refractivity contribution is 6.30. The fourth-order valence-electron chi connectivity index (χ4n) is 0.541. The first-order valence-electron chi connectivity index (χ1n) is 3.01. The lowest BCUT2D eigenvalue weighted by Crippen LogP contribution is -1.74. The summed E-state index contributed by atoms with van der Waals surface area (Å²) in [7, 11) is 0. The van der Waals surface area contributed by atoms with Crippen molar-refractivity contribution in [3.05, 3.63) is 34.9 Å². The van der Waals surface area contributed by atoms with Crippen LogP contribution in [-0.4, -0.2) is 6.29 Å². The van der Waals surface area contributed by atoms with E-state index in [1.54, 1.807) is 24.3 Å². The molecule has 0 aliphatic heterocycles. The summed E-state index contributed by atoms with van der Waals surface area (Å²) in [5.74, 6) is 0. The Morgan fingerprint density at radius 3 is 1.85 bits per heavy atom. The fourth-order valence-corrected chi connectivity index (χ4v) is 0.667. The first-order chi connectivity index (χ1) is 6.24. The summed E-state index contributed by atoms with van der Waals surface area (Å²) in [6.45, 7) is 0. The van der Waals surface area contributed by atoms with Gasteiger partial charge < -0.3 is 0 Å². The molecule has 13 heavy (non-hydrogen) atoms. The van der Waals surface area contributed by atoms with Gasteiger partial charge in [-0.2, -0.15) is 0 Å². The lowest BCUT2D eigenvalue weighted by Gasteiger charge is -1.87. The third-order valence-electron chi connectivity index (χ3n) is 1.03. The second-order valence-corrected chi connectivity index (χ2v) is 2.48. The van der Waals surface area contributed by atoms with Gasteiger partial charge in [-0.3, -0.25) is 4.79 Å². The predicted molar refractivity (Wildman–Crippen MR) is 50.7 cm³/mol. The predicted octanol–water partition coefficient (Wildman–Crippen LogP) is 3.39. The Kier molecular flexibility index (Phi) is 8.08. The minimum Gasteiger partial charge on any atom is -0.298 e. The molecule has 0 aliphatic rings. The van der Waals surface area contributed by atoms with Crippen LogP contribution in [0.2, 0.25) is 5.02 Å². The average molecular weight is 243 g/mol. The number of carbonyl (C=O) groups is 1. The number of benzene rings is 1. The van der Waals surface area contributed by atoms with Crippen molar-refractivity contribution in [2.45, 2.75) is 0 Å². The molecule has 0 N–H and O–H groups in total. The Labute approximate surface area is 90.4 Å². The van der Waals surface area contributed by atoms with Crippen LogP contribution >= 0.6 is 35.3 Å². The van der Waals surface area contributed by atoms with Gasteiger partial charge in [0.2, 0.25) is 0 Å². The van der Waals surface area contributed by atoms with Crippen LogP contribution < -0.4 is 0 Å². The molecule has 0 spiro atoms. The zero-order valence-electron chi connectivity index (χ0n) is 6.25. The van der Waals surface area contributed by atoms with Gasteiger partial charge in [0.25, 0.3) is 0 Å². The van der Waals surface area contributed by atoms with E-state index in [-0.39, 0.29) is 0 Å². The Bertz CT molecular complexity index is 235. The van der Waals surface area contributed by atoms with Crippen LogP contribution in [0.25, 0.3) is 0 Å². The summed E-state index contributed by atoms with van der Waals surface area (Å²) in [5, 5.41) is 0.653. The molecule has 0 unspecified atom stereocenters. The van der Waals surface area contributed by atoms with Gasteiger partial charge in [-0.15, -0.1) is 8.88 Å². The molecule has 0 aromatic heterocycles. The van der Waals surface area contributed by atoms with Crippen LogP contribution in [0.1, 0.15) is 10.4 Å². The van der Waals surface area contributed by atoms with E-state index in [0.717, 1.165) is 6.29 Å². The van der Waals surface area contributed by atoms with E-state index >= 15 is 0 Å². The lowest BCUT2D eigenvalue weighted by molar-refractivity contribution is -0.0832. The van der Waals surface area contributed by atoms with Gasteiger partial charge in [0.05, 0.1) is 0 Å². The monoisotopic (exact) mass is 242 g/mol. The molecular formula is C7H5Cl3O3. The third kappa shape index (κ3) is 6.81. The molecule has 6 heteroatoms. The zero-order chi connectivity index (χ0) is 10.1. The molecule has 1 aromatic carbocycles. The maximum Gasteiger partial charge on any atom is 0.150 e. The summed E-state index contributed by atoms with van der Waals surface area (Å²) in [6.07, 6.45) is 0.788. The lowest BCUT2D eigenvalue weighted by atomic mass is 10.2. The quantitative estimate of drug-likeness (QED) is 0.454. The number of rotatable bonds is 2. The van der Waals surface area contributed by atoms with Gasteiger partial charge in [0, 0.05) is 10.6 Å². The van der Waals surface area contributed by atoms with Crippen molar-refractivity contribution in [2.75, 3.05) is 0 Å². The Hall–Kier alpha value is -0.320. The van der Waals surface area contributed by atoms with Gasteiger partial charge in [-0.05, 0) is 12.1 Å². The highest BCUT2D eigenvalue weighted by Crippen LogP contribution is 2.07. The molecule has 0 saturated carbocycles. The largest absolute Gasteiger partial charge is 0.298 e. The van der Waals surface area contributed by atoms with Gasteiger partial charge >= 0.3 is 0 Å². The van der Waals surface area contributed by atoms with E-state index < -0.39 is 0 Å². The van der Waals surface area contributed by atoms with Crippen LogP contribution in [0, 0.1) is 0 Å². The number of hydrogen-bond donors (Lipinski definition) is 0. The normalized spacial score (nSPS) is 8.54. The molecule has 72 valence electrons. The molecule has 0 bridgehead atoms. The fraction of sp³-hybridized carbons (Fsp3) is 0. The number of halogens is 3. The molecular weight excluding hydrogens is 238 g/mol. The van der Waals surface area contributed by atoms with Gasteiger partial charge in [-0.25, -0.2) is 0 Å². The smallest absolute Gasteiger partial charge is 0.150 e. The summed E-state index contributed by atoms with van der Waals surface area (Å²) in [4.78, 5) is 10.1. The third-order valence-corrected chi connectivity index (χ3v) is 1.47. The molecule has 0 amide bonds. The van der Waals surface area contributed by atoms with Gasteiger partial charge in [-0.1, -0.05) is 23.7 Å². The molecule has 0 saturated heterocycles. The second-order valence-electron chi connectivity index (χ2n) is 1.80. The first-order valence-corrected chi connectivity index (χ1v) is 4.01. The number of aldehydes is 1. The Morgan fingerprint density at radius 1 is 1.08 bits per heavy atom. The zero-order valence-corrected chi connectivity index (χ0v) is 8.51. The topological polar surface area (TPSA) is 35.5 Å². The molecule has 3 nitrogen and oxygen atoms in total. The van der Waals surface area contributed by atoms with E-state index in [9.17, 15) is 4.79 Å².